The quantitative estimate of drug-likeness (QED) is 0.825. The Hall–Kier alpha value is 0.660. The molecule has 0 aromatic carbocycles. The highest BCUT2D eigenvalue weighted by molar-refractivity contribution is 9.28. The average Bonchev–Trinajstić information content (AvgIpc) is 1.83. The second kappa shape index (κ2) is 5.45. The Balaban J connectivity index is 3.37. The van der Waals surface area contributed by atoms with Crippen LogP contribution in [0.3, 0.4) is 0 Å². The molecular weight excluding hydrogens is 248 g/mol. The Morgan fingerprint density at radius 1 is 1.67 bits per heavy atom. The molecular formula is C6H10Br2O. The zero-order valence-electron chi connectivity index (χ0n) is 5.27. The molecule has 54 valence electrons. The standard InChI is InChI=1S/C6H10Br2O/c1-2-5(9)3-4-6(7)8/h4-5,9H,2-3H2,1H3. The van der Waals surface area contributed by atoms with Crippen LogP contribution in [-0.2, 0) is 0 Å². The molecule has 0 saturated heterocycles. The van der Waals surface area contributed by atoms with E-state index in [9.17, 15) is 0 Å². The van der Waals surface area contributed by atoms with Gasteiger partial charge in [-0.25, -0.2) is 0 Å². The van der Waals surface area contributed by atoms with Gasteiger partial charge >= 0.3 is 0 Å². The van der Waals surface area contributed by atoms with E-state index in [4.69, 9.17) is 5.11 Å². The molecule has 1 N–H and O–H groups in total. The molecule has 0 aromatic rings. The van der Waals surface area contributed by atoms with Gasteiger partial charge in [0, 0.05) is 0 Å². The molecule has 0 bridgehead atoms. The van der Waals surface area contributed by atoms with Crippen LogP contribution in [0.5, 0.6) is 0 Å². The minimum Gasteiger partial charge on any atom is -0.393 e. The summed E-state index contributed by atoms with van der Waals surface area (Å²) in [5.74, 6) is 0. The predicted octanol–water partition coefficient (Wildman–Crippen LogP) is 2.78. The average molecular weight is 258 g/mol. The van der Waals surface area contributed by atoms with Gasteiger partial charge < -0.3 is 5.11 Å². The van der Waals surface area contributed by atoms with Crippen LogP contribution in [-0.4, -0.2) is 11.2 Å². The summed E-state index contributed by atoms with van der Waals surface area (Å²) in [7, 11) is 0. The maximum absolute atomic E-state index is 9.02. The third-order valence-corrected chi connectivity index (χ3v) is 1.66. The number of hydrogen-bond donors (Lipinski definition) is 1. The summed E-state index contributed by atoms with van der Waals surface area (Å²) in [6.45, 7) is 1.96. The zero-order valence-corrected chi connectivity index (χ0v) is 8.44. The fraction of sp³-hybridized carbons (Fsp3) is 0.667. The summed E-state index contributed by atoms with van der Waals surface area (Å²) in [6, 6.07) is 0. The molecule has 0 heterocycles. The minimum absolute atomic E-state index is 0.199. The van der Waals surface area contributed by atoms with Crippen molar-refractivity contribution in [2.24, 2.45) is 0 Å². The minimum atomic E-state index is -0.199. The van der Waals surface area contributed by atoms with Crippen LogP contribution in [0.2, 0.25) is 0 Å². The van der Waals surface area contributed by atoms with Crippen LogP contribution in [0, 0.1) is 0 Å². The second-order valence-corrected chi connectivity index (χ2v) is 4.56. The highest BCUT2D eigenvalue weighted by Gasteiger charge is 1.95. The molecule has 0 aliphatic heterocycles. The first-order valence-corrected chi connectivity index (χ1v) is 4.44. The molecule has 0 amide bonds. The summed E-state index contributed by atoms with van der Waals surface area (Å²) in [4.78, 5) is 0. The van der Waals surface area contributed by atoms with Crippen LogP contribution >= 0.6 is 31.9 Å². The van der Waals surface area contributed by atoms with Crippen LogP contribution < -0.4 is 0 Å². The molecule has 1 atom stereocenters. The Morgan fingerprint density at radius 3 is 2.56 bits per heavy atom. The van der Waals surface area contributed by atoms with Gasteiger partial charge in [0.15, 0.2) is 0 Å². The van der Waals surface area contributed by atoms with Gasteiger partial charge in [-0.2, -0.15) is 0 Å². The molecule has 0 spiro atoms. The highest BCUT2D eigenvalue weighted by atomic mass is 79.9. The van der Waals surface area contributed by atoms with E-state index in [0.717, 1.165) is 9.81 Å². The SMILES string of the molecule is CCC(O)CC=C(Br)Br. The number of rotatable bonds is 3. The number of aliphatic hydroxyl groups excluding tert-OH is 1. The monoisotopic (exact) mass is 256 g/mol. The van der Waals surface area contributed by atoms with Gasteiger partial charge in [-0.3, -0.25) is 0 Å². The fourth-order valence-corrected chi connectivity index (χ4v) is 0.766. The number of aliphatic hydroxyl groups is 1. The first kappa shape index (κ1) is 9.66. The maximum Gasteiger partial charge on any atom is 0.0572 e. The lowest BCUT2D eigenvalue weighted by atomic mass is 10.2. The van der Waals surface area contributed by atoms with Gasteiger partial charge in [0.2, 0.25) is 0 Å². The third kappa shape index (κ3) is 6.55. The second-order valence-electron chi connectivity index (χ2n) is 1.79. The largest absolute Gasteiger partial charge is 0.393 e. The molecule has 3 heteroatoms. The molecule has 0 aromatic heterocycles. The normalized spacial score (nSPS) is 12.9. The molecule has 0 rings (SSSR count). The van der Waals surface area contributed by atoms with Crippen LogP contribution in [0.1, 0.15) is 19.8 Å². The van der Waals surface area contributed by atoms with Gasteiger partial charge in [0.25, 0.3) is 0 Å². The summed E-state index contributed by atoms with van der Waals surface area (Å²) in [5.41, 5.74) is 0. The van der Waals surface area contributed by atoms with Crippen molar-refractivity contribution in [3.8, 4) is 0 Å². The van der Waals surface area contributed by atoms with E-state index in [1.54, 1.807) is 0 Å². The van der Waals surface area contributed by atoms with E-state index in [0.29, 0.717) is 6.42 Å². The van der Waals surface area contributed by atoms with Crippen molar-refractivity contribution in [1.29, 1.82) is 0 Å². The number of halogens is 2. The summed E-state index contributed by atoms with van der Waals surface area (Å²) >= 11 is 6.40. The molecule has 0 aliphatic rings. The van der Waals surface area contributed by atoms with Crippen molar-refractivity contribution in [2.75, 3.05) is 0 Å². The lowest BCUT2D eigenvalue weighted by Gasteiger charge is -2.00. The van der Waals surface area contributed by atoms with Crippen molar-refractivity contribution in [2.45, 2.75) is 25.9 Å². The Morgan fingerprint density at radius 2 is 2.22 bits per heavy atom. The van der Waals surface area contributed by atoms with Crippen molar-refractivity contribution in [3.63, 3.8) is 0 Å². The summed E-state index contributed by atoms with van der Waals surface area (Å²) in [6.07, 6.45) is 3.22. The van der Waals surface area contributed by atoms with Gasteiger partial charge in [-0.1, -0.05) is 13.0 Å². The van der Waals surface area contributed by atoms with E-state index >= 15 is 0 Å². The van der Waals surface area contributed by atoms with Crippen molar-refractivity contribution in [1.82, 2.24) is 0 Å². The molecule has 0 aliphatic carbocycles. The molecule has 0 saturated carbocycles. The molecule has 1 nitrogen and oxygen atoms in total. The van der Waals surface area contributed by atoms with Gasteiger partial charge in [0.1, 0.15) is 0 Å². The van der Waals surface area contributed by atoms with E-state index < -0.39 is 0 Å². The zero-order chi connectivity index (χ0) is 7.28. The summed E-state index contributed by atoms with van der Waals surface area (Å²) < 4.78 is 0.905. The van der Waals surface area contributed by atoms with Crippen LogP contribution in [0.15, 0.2) is 9.47 Å². The van der Waals surface area contributed by atoms with E-state index in [-0.39, 0.29) is 6.10 Å². The first-order valence-electron chi connectivity index (χ1n) is 2.86. The van der Waals surface area contributed by atoms with Gasteiger partial charge in [-0.15, -0.1) is 0 Å². The lowest BCUT2D eigenvalue weighted by Crippen LogP contribution is -2.01. The molecule has 9 heavy (non-hydrogen) atoms. The van der Waals surface area contributed by atoms with Gasteiger partial charge in [0.05, 0.1) is 9.50 Å². The topological polar surface area (TPSA) is 20.2 Å². The third-order valence-electron chi connectivity index (χ3n) is 1.02. The Kier molecular flexibility index (Phi) is 5.84. The Bertz CT molecular complexity index is 97.2. The maximum atomic E-state index is 9.02. The number of hydrogen-bond acceptors (Lipinski definition) is 1. The van der Waals surface area contributed by atoms with Crippen molar-refractivity contribution >= 4 is 31.9 Å². The fourth-order valence-electron chi connectivity index (χ4n) is 0.392. The highest BCUT2D eigenvalue weighted by Crippen LogP contribution is 2.14. The van der Waals surface area contributed by atoms with Crippen LogP contribution in [0.4, 0.5) is 0 Å². The van der Waals surface area contributed by atoms with E-state index in [1.807, 2.05) is 13.0 Å². The lowest BCUT2D eigenvalue weighted by molar-refractivity contribution is 0.174. The van der Waals surface area contributed by atoms with Crippen LogP contribution in [0.25, 0.3) is 0 Å². The molecule has 0 radical (unpaired) electrons. The van der Waals surface area contributed by atoms with Crippen molar-refractivity contribution < 1.29 is 5.11 Å². The first-order chi connectivity index (χ1) is 4.16. The predicted molar refractivity (Wildman–Crippen MR) is 46.9 cm³/mol. The summed E-state index contributed by atoms with van der Waals surface area (Å²) in [5, 5.41) is 9.02. The smallest absolute Gasteiger partial charge is 0.0572 e. The van der Waals surface area contributed by atoms with E-state index in [1.165, 1.54) is 0 Å². The van der Waals surface area contributed by atoms with E-state index in [2.05, 4.69) is 31.9 Å². The van der Waals surface area contributed by atoms with Crippen molar-refractivity contribution in [3.05, 3.63) is 9.47 Å². The molecule has 1 unspecified atom stereocenters. The molecule has 0 fully saturated rings. The Labute approximate surface area is 72.4 Å². The van der Waals surface area contributed by atoms with Gasteiger partial charge in [-0.05, 0) is 44.7 Å².